The predicted molar refractivity (Wildman–Crippen MR) is 99.7 cm³/mol. The zero-order chi connectivity index (χ0) is 18.4. The molecule has 1 atom stereocenters. The van der Waals surface area contributed by atoms with E-state index in [1.165, 1.54) is 18.4 Å². The van der Waals surface area contributed by atoms with Crippen LogP contribution in [-0.4, -0.2) is 64.0 Å². The summed E-state index contributed by atoms with van der Waals surface area (Å²) < 4.78 is 7.58. The van der Waals surface area contributed by atoms with Crippen LogP contribution >= 0.6 is 0 Å². The third kappa shape index (κ3) is 3.01. The van der Waals surface area contributed by atoms with Gasteiger partial charge in [-0.05, 0) is 25.7 Å². The number of rotatable bonds is 4. The quantitative estimate of drug-likeness (QED) is 0.824. The number of nitrogens with zero attached hydrogens (tertiary/aromatic N) is 6. The molecule has 2 amide bonds. The molecule has 1 unspecified atom stereocenters. The molecule has 144 valence electrons. The van der Waals surface area contributed by atoms with Gasteiger partial charge in [-0.15, -0.1) is 0 Å². The fraction of sp³-hybridized carbons (Fsp3) is 0.632. The van der Waals surface area contributed by atoms with Crippen LogP contribution in [0.1, 0.15) is 42.3 Å². The Hall–Kier alpha value is -2.35. The van der Waals surface area contributed by atoms with Crippen molar-refractivity contribution in [2.75, 3.05) is 38.1 Å². The number of hydrogen-bond donors (Lipinski definition) is 0. The molecule has 0 radical (unpaired) electrons. The first-order valence-corrected chi connectivity index (χ1v) is 9.94. The summed E-state index contributed by atoms with van der Waals surface area (Å²) in [7, 11) is 1.84. The molecule has 2 aromatic heterocycles. The van der Waals surface area contributed by atoms with Crippen LogP contribution in [0.25, 0.3) is 0 Å². The van der Waals surface area contributed by atoms with Crippen molar-refractivity contribution in [1.29, 1.82) is 0 Å². The number of aryl methyl sites for hydroxylation is 1. The van der Waals surface area contributed by atoms with Crippen molar-refractivity contribution in [2.45, 2.75) is 44.7 Å². The second-order valence-corrected chi connectivity index (χ2v) is 7.95. The molecular formula is C19H26N6O2. The van der Waals surface area contributed by atoms with E-state index in [9.17, 15) is 4.79 Å². The Balaban J connectivity index is 1.24. The van der Waals surface area contributed by atoms with Crippen molar-refractivity contribution >= 4 is 11.7 Å². The van der Waals surface area contributed by atoms with E-state index in [4.69, 9.17) is 4.52 Å². The SMILES string of the molecule is CN1CCN(c2cnn(C3CCN(Cc4noc5c4CCCC5)C3)c2)C1=O. The number of urea groups is 1. The zero-order valence-corrected chi connectivity index (χ0v) is 15.8. The number of fused-ring (bicyclic) bond motifs is 1. The predicted octanol–water partition coefficient (Wildman–Crippen LogP) is 2.07. The molecule has 27 heavy (non-hydrogen) atoms. The highest BCUT2D eigenvalue weighted by atomic mass is 16.5. The fourth-order valence-electron chi connectivity index (χ4n) is 4.51. The van der Waals surface area contributed by atoms with Crippen molar-refractivity contribution in [3.8, 4) is 0 Å². The number of likely N-dealkylation sites (tertiary alicyclic amines) is 1. The molecule has 8 heteroatoms. The Morgan fingerprint density at radius 2 is 2.11 bits per heavy atom. The van der Waals surface area contributed by atoms with E-state index in [0.29, 0.717) is 6.04 Å². The Kier molecular flexibility index (Phi) is 4.15. The Labute approximate surface area is 158 Å². The van der Waals surface area contributed by atoms with Crippen molar-refractivity contribution < 1.29 is 9.32 Å². The largest absolute Gasteiger partial charge is 0.361 e. The molecule has 3 aliphatic rings. The summed E-state index contributed by atoms with van der Waals surface area (Å²) >= 11 is 0. The van der Waals surface area contributed by atoms with Crippen LogP contribution in [-0.2, 0) is 19.4 Å². The maximum Gasteiger partial charge on any atom is 0.324 e. The average Bonchev–Trinajstić information content (AvgIpc) is 3.45. The number of aromatic nitrogens is 3. The van der Waals surface area contributed by atoms with Crippen molar-refractivity contribution in [2.24, 2.45) is 0 Å². The van der Waals surface area contributed by atoms with Crippen LogP contribution in [0.2, 0.25) is 0 Å². The molecule has 2 aliphatic heterocycles. The number of anilines is 1. The zero-order valence-electron chi connectivity index (χ0n) is 15.8. The molecule has 2 fully saturated rings. The van der Waals surface area contributed by atoms with Gasteiger partial charge in [-0.3, -0.25) is 14.5 Å². The van der Waals surface area contributed by atoms with E-state index in [2.05, 4.69) is 15.2 Å². The maximum atomic E-state index is 12.2. The monoisotopic (exact) mass is 370 g/mol. The second-order valence-electron chi connectivity index (χ2n) is 7.95. The van der Waals surface area contributed by atoms with Crippen LogP contribution in [0.15, 0.2) is 16.9 Å². The van der Waals surface area contributed by atoms with E-state index in [0.717, 1.165) is 69.1 Å². The van der Waals surface area contributed by atoms with Crippen molar-refractivity contribution in [3.05, 3.63) is 29.4 Å². The highest BCUT2D eigenvalue weighted by Crippen LogP contribution is 2.29. The first-order valence-electron chi connectivity index (χ1n) is 9.94. The average molecular weight is 370 g/mol. The standard InChI is InChI=1S/C19H26N6O2/c1-22-8-9-24(19(22)26)15-10-20-25(12-15)14-6-7-23(11-14)13-17-16-4-2-3-5-18(16)27-21-17/h10,12,14H,2-9,11,13H2,1H3. The molecular weight excluding hydrogens is 344 g/mol. The third-order valence-electron chi connectivity index (χ3n) is 6.14. The lowest BCUT2D eigenvalue weighted by atomic mass is 9.96. The minimum absolute atomic E-state index is 0.0541. The number of carbonyl (C=O) groups is 1. The van der Waals surface area contributed by atoms with E-state index >= 15 is 0 Å². The van der Waals surface area contributed by atoms with E-state index in [-0.39, 0.29) is 6.03 Å². The number of hydrogen-bond acceptors (Lipinski definition) is 5. The van der Waals surface area contributed by atoms with Crippen LogP contribution in [0.3, 0.4) is 0 Å². The van der Waals surface area contributed by atoms with Gasteiger partial charge in [0.2, 0.25) is 0 Å². The van der Waals surface area contributed by atoms with Crippen LogP contribution in [0.5, 0.6) is 0 Å². The molecule has 8 nitrogen and oxygen atoms in total. The number of likely N-dealkylation sites (N-methyl/N-ethyl adjacent to an activating group) is 1. The van der Waals surface area contributed by atoms with Gasteiger partial charge in [0.05, 0.1) is 17.9 Å². The van der Waals surface area contributed by atoms with Crippen molar-refractivity contribution in [1.82, 2.24) is 24.7 Å². The smallest absolute Gasteiger partial charge is 0.324 e. The van der Waals surface area contributed by atoms with Gasteiger partial charge in [-0.25, -0.2) is 4.79 Å². The second kappa shape index (κ2) is 6.67. The molecule has 0 spiro atoms. The Morgan fingerprint density at radius 3 is 2.96 bits per heavy atom. The summed E-state index contributed by atoms with van der Waals surface area (Å²) in [5, 5.41) is 8.89. The van der Waals surface area contributed by atoms with E-state index in [1.54, 1.807) is 9.80 Å². The van der Waals surface area contributed by atoms with Crippen molar-refractivity contribution in [3.63, 3.8) is 0 Å². The highest BCUT2D eigenvalue weighted by Gasteiger charge is 2.30. The lowest BCUT2D eigenvalue weighted by Crippen LogP contribution is -2.28. The van der Waals surface area contributed by atoms with Crippen LogP contribution < -0.4 is 4.90 Å². The molecule has 2 saturated heterocycles. The van der Waals surface area contributed by atoms with Gasteiger partial charge in [0.25, 0.3) is 0 Å². The van der Waals surface area contributed by atoms with Gasteiger partial charge in [-0.1, -0.05) is 5.16 Å². The van der Waals surface area contributed by atoms with Gasteiger partial charge >= 0.3 is 6.03 Å². The van der Waals surface area contributed by atoms with E-state index in [1.807, 2.05) is 24.1 Å². The lowest BCUT2D eigenvalue weighted by Gasteiger charge is -2.16. The normalized spacial score (nSPS) is 23.4. The minimum atomic E-state index is 0.0541. The van der Waals surface area contributed by atoms with E-state index < -0.39 is 0 Å². The Morgan fingerprint density at radius 1 is 1.22 bits per heavy atom. The summed E-state index contributed by atoms with van der Waals surface area (Å²) in [5.41, 5.74) is 3.37. The molecule has 2 aromatic rings. The van der Waals surface area contributed by atoms with Crippen LogP contribution in [0, 0.1) is 0 Å². The number of carbonyl (C=O) groups excluding carboxylic acids is 1. The van der Waals surface area contributed by atoms with Gasteiger partial charge < -0.3 is 9.42 Å². The summed E-state index contributed by atoms with van der Waals surface area (Å²) in [4.78, 5) is 18.2. The van der Waals surface area contributed by atoms with Gasteiger partial charge in [0, 0.05) is 58.0 Å². The summed E-state index contributed by atoms with van der Waals surface area (Å²) in [6.07, 6.45) is 9.48. The molecule has 5 rings (SSSR count). The summed E-state index contributed by atoms with van der Waals surface area (Å²) in [5.74, 6) is 1.10. The molecule has 4 heterocycles. The fourth-order valence-corrected chi connectivity index (χ4v) is 4.51. The van der Waals surface area contributed by atoms with Crippen LogP contribution in [0.4, 0.5) is 10.5 Å². The molecule has 0 bridgehead atoms. The number of amides is 2. The topological polar surface area (TPSA) is 70.6 Å². The first kappa shape index (κ1) is 16.8. The first-order chi connectivity index (χ1) is 13.2. The van der Waals surface area contributed by atoms with Gasteiger partial charge in [-0.2, -0.15) is 5.10 Å². The maximum absolute atomic E-state index is 12.2. The minimum Gasteiger partial charge on any atom is -0.361 e. The Bertz CT molecular complexity index is 843. The summed E-state index contributed by atoms with van der Waals surface area (Å²) in [6.45, 7) is 4.35. The summed E-state index contributed by atoms with van der Waals surface area (Å²) in [6, 6.07) is 0.398. The highest BCUT2D eigenvalue weighted by molar-refractivity contribution is 5.93. The van der Waals surface area contributed by atoms with Gasteiger partial charge in [0.1, 0.15) is 11.5 Å². The third-order valence-corrected chi connectivity index (χ3v) is 6.14. The molecule has 0 N–H and O–H groups in total. The lowest BCUT2D eigenvalue weighted by molar-refractivity contribution is 0.229. The molecule has 0 saturated carbocycles. The molecule has 0 aromatic carbocycles. The van der Waals surface area contributed by atoms with Gasteiger partial charge in [0.15, 0.2) is 0 Å². The molecule has 1 aliphatic carbocycles.